The Morgan fingerprint density at radius 3 is 2.82 bits per heavy atom. The van der Waals surface area contributed by atoms with Crippen LogP contribution in [0.1, 0.15) is 24.5 Å². The van der Waals surface area contributed by atoms with E-state index in [4.69, 9.17) is 10.00 Å². The second-order valence-corrected chi connectivity index (χ2v) is 4.64. The third-order valence-corrected chi connectivity index (χ3v) is 3.29. The molecule has 1 aromatic carbocycles. The van der Waals surface area contributed by atoms with E-state index in [1.807, 2.05) is 24.3 Å². The first kappa shape index (κ1) is 12.1. The third kappa shape index (κ3) is 3.29. The van der Waals surface area contributed by atoms with E-state index in [2.05, 4.69) is 18.3 Å². The zero-order valence-corrected chi connectivity index (χ0v) is 10.1. The van der Waals surface area contributed by atoms with Gasteiger partial charge in [0.1, 0.15) is 0 Å². The molecule has 0 amide bonds. The second kappa shape index (κ2) is 5.81. The van der Waals surface area contributed by atoms with Crippen molar-refractivity contribution in [1.29, 1.82) is 5.26 Å². The SMILES string of the molecule is CC1COCCC1NCc1ccc(C#N)cc1. The van der Waals surface area contributed by atoms with Gasteiger partial charge >= 0.3 is 0 Å². The summed E-state index contributed by atoms with van der Waals surface area (Å²) in [4.78, 5) is 0. The molecule has 2 rings (SSSR count). The highest BCUT2D eigenvalue weighted by molar-refractivity contribution is 5.31. The highest BCUT2D eigenvalue weighted by Crippen LogP contribution is 2.14. The molecule has 0 aromatic heterocycles. The third-order valence-electron chi connectivity index (χ3n) is 3.29. The highest BCUT2D eigenvalue weighted by atomic mass is 16.5. The zero-order valence-electron chi connectivity index (χ0n) is 10.1. The Kier molecular flexibility index (Phi) is 4.13. The predicted molar refractivity (Wildman–Crippen MR) is 66.4 cm³/mol. The Labute approximate surface area is 102 Å². The average Bonchev–Trinajstić information content (AvgIpc) is 2.38. The summed E-state index contributed by atoms with van der Waals surface area (Å²) in [5.74, 6) is 0.571. The van der Waals surface area contributed by atoms with Gasteiger partial charge in [-0.15, -0.1) is 0 Å². The van der Waals surface area contributed by atoms with Crippen molar-refractivity contribution in [2.75, 3.05) is 13.2 Å². The molecule has 1 N–H and O–H groups in total. The van der Waals surface area contributed by atoms with Crippen LogP contribution in [0.3, 0.4) is 0 Å². The van der Waals surface area contributed by atoms with Crippen molar-refractivity contribution < 1.29 is 4.74 Å². The summed E-state index contributed by atoms with van der Waals surface area (Å²) in [5.41, 5.74) is 1.94. The monoisotopic (exact) mass is 230 g/mol. The topological polar surface area (TPSA) is 45.0 Å². The maximum Gasteiger partial charge on any atom is 0.0991 e. The van der Waals surface area contributed by atoms with Crippen molar-refractivity contribution in [2.24, 2.45) is 5.92 Å². The first-order chi connectivity index (χ1) is 8.29. The molecule has 2 atom stereocenters. The van der Waals surface area contributed by atoms with Crippen LogP contribution in [0.5, 0.6) is 0 Å². The fraction of sp³-hybridized carbons (Fsp3) is 0.500. The van der Waals surface area contributed by atoms with E-state index >= 15 is 0 Å². The maximum atomic E-state index is 8.72. The number of nitriles is 1. The van der Waals surface area contributed by atoms with Crippen LogP contribution in [0, 0.1) is 17.2 Å². The van der Waals surface area contributed by atoms with E-state index in [9.17, 15) is 0 Å². The van der Waals surface area contributed by atoms with Crippen molar-refractivity contribution in [1.82, 2.24) is 5.32 Å². The average molecular weight is 230 g/mol. The maximum absolute atomic E-state index is 8.72. The molecule has 0 spiro atoms. The van der Waals surface area contributed by atoms with Crippen molar-refractivity contribution in [3.05, 3.63) is 35.4 Å². The normalized spacial score (nSPS) is 24.2. The number of nitrogens with one attached hydrogen (secondary N) is 1. The minimum Gasteiger partial charge on any atom is -0.381 e. The number of ether oxygens (including phenoxy) is 1. The van der Waals surface area contributed by atoms with Crippen LogP contribution in [0.4, 0.5) is 0 Å². The first-order valence-electron chi connectivity index (χ1n) is 6.10. The van der Waals surface area contributed by atoms with Gasteiger partial charge in [0.25, 0.3) is 0 Å². The van der Waals surface area contributed by atoms with Crippen molar-refractivity contribution in [3.63, 3.8) is 0 Å². The van der Waals surface area contributed by atoms with Crippen LogP contribution in [-0.2, 0) is 11.3 Å². The first-order valence-corrected chi connectivity index (χ1v) is 6.10. The Hall–Kier alpha value is -1.37. The van der Waals surface area contributed by atoms with Crippen LogP contribution in [0.15, 0.2) is 24.3 Å². The minimum absolute atomic E-state index is 0.541. The molecule has 17 heavy (non-hydrogen) atoms. The van der Waals surface area contributed by atoms with Crippen LogP contribution in [0.2, 0.25) is 0 Å². The Morgan fingerprint density at radius 1 is 1.41 bits per heavy atom. The number of benzene rings is 1. The fourth-order valence-corrected chi connectivity index (χ4v) is 2.13. The number of nitrogens with zero attached hydrogens (tertiary/aromatic N) is 1. The molecular formula is C14H18N2O. The lowest BCUT2D eigenvalue weighted by molar-refractivity contribution is 0.0386. The van der Waals surface area contributed by atoms with Gasteiger partial charge in [0.2, 0.25) is 0 Å². The van der Waals surface area contributed by atoms with Gasteiger partial charge in [-0.3, -0.25) is 0 Å². The molecule has 0 bridgehead atoms. The fourth-order valence-electron chi connectivity index (χ4n) is 2.13. The van der Waals surface area contributed by atoms with Gasteiger partial charge in [0.05, 0.1) is 18.2 Å². The second-order valence-electron chi connectivity index (χ2n) is 4.64. The molecule has 3 nitrogen and oxygen atoms in total. The molecular weight excluding hydrogens is 212 g/mol. The molecule has 1 aliphatic rings. The summed E-state index contributed by atoms with van der Waals surface area (Å²) >= 11 is 0. The van der Waals surface area contributed by atoms with Gasteiger partial charge in [-0.1, -0.05) is 19.1 Å². The Balaban J connectivity index is 1.86. The number of hydrogen-bond donors (Lipinski definition) is 1. The molecule has 3 heteroatoms. The van der Waals surface area contributed by atoms with Crippen LogP contribution in [-0.4, -0.2) is 19.3 Å². The van der Waals surface area contributed by atoms with E-state index in [0.717, 1.165) is 26.2 Å². The largest absolute Gasteiger partial charge is 0.381 e. The standard InChI is InChI=1S/C14H18N2O/c1-11-10-17-7-6-14(11)16-9-13-4-2-12(8-15)3-5-13/h2-5,11,14,16H,6-7,9-10H2,1H3. The summed E-state index contributed by atoms with van der Waals surface area (Å²) in [6.07, 6.45) is 1.08. The zero-order chi connectivity index (χ0) is 12.1. The quantitative estimate of drug-likeness (QED) is 0.864. The summed E-state index contributed by atoms with van der Waals surface area (Å²) in [7, 11) is 0. The van der Waals surface area contributed by atoms with Gasteiger partial charge in [-0.05, 0) is 30.0 Å². The van der Waals surface area contributed by atoms with E-state index in [-0.39, 0.29) is 0 Å². The van der Waals surface area contributed by atoms with Gasteiger partial charge < -0.3 is 10.1 Å². The summed E-state index contributed by atoms with van der Waals surface area (Å²) in [6, 6.07) is 10.4. The van der Waals surface area contributed by atoms with E-state index < -0.39 is 0 Å². The minimum atomic E-state index is 0.541. The highest BCUT2D eigenvalue weighted by Gasteiger charge is 2.20. The molecule has 1 saturated heterocycles. The molecule has 90 valence electrons. The summed E-state index contributed by atoms with van der Waals surface area (Å²) < 4.78 is 5.42. The van der Waals surface area contributed by atoms with Gasteiger partial charge in [0, 0.05) is 19.2 Å². The molecule has 0 radical (unpaired) electrons. The van der Waals surface area contributed by atoms with Gasteiger partial charge in [0.15, 0.2) is 0 Å². The molecule has 1 aromatic rings. The van der Waals surface area contributed by atoms with Crippen molar-refractivity contribution in [2.45, 2.75) is 25.9 Å². The van der Waals surface area contributed by atoms with E-state index in [0.29, 0.717) is 17.5 Å². The molecule has 2 unspecified atom stereocenters. The smallest absolute Gasteiger partial charge is 0.0991 e. The van der Waals surface area contributed by atoms with Gasteiger partial charge in [-0.25, -0.2) is 0 Å². The van der Waals surface area contributed by atoms with Crippen LogP contribution in [0.25, 0.3) is 0 Å². The van der Waals surface area contributed by atoms with E-state index in [1.165, 1.54) is 5.56 Å². The Morgan fingerprint density at radius 2 is 2.18 bits per heavy atom. The lowest BCUT2D eigenvalue weighted by Gasteiger charge is -2.29. The van der Waals surface area contributed by atoms with E-state index in [1.54, 1.807) is 0 Å². The van der Waals surface area contributed by atoms with Gasteiger partial charge in [-0.2, -0.15) is 5.26 Å². The Bertz CT molecular complexity index is 394. The molecule has 0 saturated carbocycles. The van der Waals surface area contributed by atoms with Crippen molar-refractivity contribution >= 4 is 0 Å². The van der Waals surface area contributed by atoms with Crippen LogP contribution < -0.4 is 5.32 Å². The lowest BCUT2D eigenvalue weighted by atomic mass is 9.97. The molecule has 1 fully saturated rings. The number of rotatable bonds is 3. The molecule has 1 aliphatic heterocycles. The molecule has 1 heterocycles. The number of hydrogen-bond acceptors (Lipinski definition) is 3. The lowest BCUT2D eigenvalue weighted by Crippen LogP contribution is -2.40. The summed E-state index contributed by atoms with van der Waals surface area (Å²) in [5, 5.41) is 12.3. The van der Waals surface area contributed by atoms with Crippen LogP contribution >= 0.6 is 0 Å². The molecule has 0 aliphatic carbocycles. The van der Waals surface area contributed by atoms with Crippen molar-refractivity contribution in [3.8, 4) is 6.07 Å². The predicted octanol–water partition coefficient (Wildman–Crippen LogP) is 2.07. The summed E-state index contributed by atoms with van der Waals surface area (Å²) in [6.45, 7) is 4.79.